The van der Waals surface area contributed by atoms with Crippen LogP contribution in [-0.2, 0) is 6.42 Å². The number of para-hydroxylation sites is 1. The minimum atomic E-state index is 0.102. The molecule has 0 fully saturated rings. The lowest BCUT2D eigenvalue weighted by atomic mass is 9.86. The van der Waals surface area contributed by atoms with Gasteiger partial charge in [-0.25, -0.2) is 19.9 Å². The molecule has 1 aliphatic carbocycles. The summed E-state index contributed by atoms with van der Waals surface area (Å²) >= 11 is 1.69. The van der Waals surface area contributed by atoms with Crippen LogP contribution in [0.3, 0.4) is 0 Å². The van der Waals surface area contributed by atoms with Crippen LogP contribution in [0.15, 0.2) is 41.9 Å². The highest BCUT2D eigenvalue weighted by molar-refractivity contribution is 7.10. The van der Waals surface area contributed by atoms with Crippen LogP contribution in [0.1, 0.15) is 44.5 Å². The lowest BCUT2D eigenvalue weighted by Crippen LogP contribution is -2.20. The molecule has 1 aliphatic rings. The number of hydrogen-bond donors (Lipinski definition) is 1. The second-order valence-corrected chi connectivity index (χ2v) is 8.31. The summed E-state index contributed by atoms with van der Waals surface area (Å²) in [4.78, 5) is 32.0. The third-order valence-corrected chi connectivity index (χ3v) is 6.36. The van der Waals surface area contributed by atoms with E-state index in [4.69, 9.17) is 0 Å². The van der Waals surface area contributed by atoms with Crippen LogP contribution in [0.25, 0.3) is 10.9 Å². The van der Waals surface area contributed by atoms with Crippen LogP contribution in [0.2, 0.25) is 0 Å². The first-order chi connectivity index (χ1) is 14.1. The number of aromatic nitrogens is 4. The normalized spacial score (nSPS) is 16.1. The zero-order chi connectivity index (χ0) is 20.0. The number of Topliss-reactive ketones (excluding diaryl/α,β-unsaturated/α-hetero) is 1. The topological polar surface area (TPSA) is 80.7 Å². The number of nitrogens with one attached hydrogen (secondary N) is 1. The van der Waals surface area contributed by atoms with E-state index in [-0.39, 0.29) is 11.7 Å². The van der Waals surface area contributed by atoms with E-state index in [9.17, 15) is 4.79 Å². The number of benzene rings is 1. The molecule has 144 valence electrons. The molecule has 0 saturated carbocycles. The van der Waals surface area contributed by atoms with E-state index in [1.807, 2.05) is 43.5 Å². The van der Waals surface area contributed by atoms with Crippen LogP contribution < -0.4 is 5.32 Å². The molecule has 0 saturated heterocycles. The van der Waals surface area contributed by atoms with Crippen molar-refractivity contribution in [2.24, 2.45) is 0 Å². The lowest BCUT2D eigenvalue weighted by molar-refractivity contribution is 0.0963. The highest BCUT2D eigenvalue weighted by atomic mass is 32.1. The predicted molar refractivity (Wildman–Crippen MR) is 114 cm³/mol. The Morgan fingerprint density at radius 1 is 1.03 bits per heavy atom. The van der Waals surface area contributed by atoms with Gasteiger partial charge < -0.3 is 0 Å². The van der Waals surface area contributed by atoms with Crippen LogP contribution in [-0.4, -0.2) is 25.7 Å². The summed E-state index contributed by atoms with van der Waals surface area (Å²) in [6.45, 7) is 4.00. The highest BCUT2D eigenvalue weighted by Gasteiger charge is 2.28. The number of carbonyl (C=O) groups is 1. The number of ketones is 1. The van der Waals surface area contributed by atoms with Crippen molar-refractivity contribution in [3.63, 3.8) is 0 Å². The summed E-state index contributed by atoms with van der Waals surface area (Å²) in [5.41, 5.74) is 4.30. The molecule has 1 N–H and O–H groups in total. The van der Waals surface area contributed by atoms with E-state index in [1.54, 1.807) is 17.5 Å². The molecule has 6 nitrogen and oxygen atoms in total. The zero-order valence-electron chi connectivity index (χ0n) is 16.1. The van der Waals surface area contributed by atoms with Crippen molar-refractivity contribution in [1.82, 2.24) is 19.9 Å². The Kier molecular flexibility index (Phi) is 4.32. The molecule has 5 rings (SSSR count). The number of fused-ring (bicyclic) bond motifs is 2. The van der Waals surface area contributed by atoms with E-state index in [2.05, 4.69) is 31.3 Å². The summed E-state index contributed by atoms with van der Waals surface area (Å²) in [5.74, 6) is 1.15. The SMILES string of the molecule is Cc1nc(Nc2ncc3c(n2)C[C@H](c2cccs2)CC3=O)nc2c(C)cccc12. The zero-order valence-corrected chi connectivity index (χ0v) is 17.0. The summed E-state index contributed by atoms with van der Waals surface area (Å²) in [5, 5.41) is 6.20. The quantitative estimate of drug-likeness (QED) is 0.533. The molecule has 0 amide bonds. The first-order valence-corrected chi connectivity index (χ1v) is 10.4. The molecule has 3 heterocycles. The van der Waals surface area contributed by atoms with Crippen LogP contribution >= 0.6 is 11.3 Å². The van der Waals surface area contributed by atoms with Gasteiger partial charge in [0.2, 0.25) is 11.9 Å². The predicted octanol–water partition coefficient (Wildman–Crippen LogP) is 4.75. The fraction of sp³-hybridized carbons (Fsp3) is 0.227. The maximum atomic E-state index is 12.6. The molecule has 0 radical (unpaired) electrons. The Morgan fingerprint density at radius 3 is 2.76 bits per heavy atom. The van der Waals surface area contributed by atoms with Crippen molar-refractivity contribution in [2.45, 2.75) is 32.6 Å². The van der Waals surface area contributed by atoms with Crippen molar-refractivity contribution in [3.8, 4) is 0 Å². The molecular weight excluding hydrogens is 382 g/mol. The van der Waals surface area contributed by atoms with E-state index in [1.165, 1.54) is 4.88 Å². The maximum absolute atomic E-state index is 12.6. The minimum absolute atomic E-state index is 0.102. The number of carbonyl (C=O) groups excluding carboxylic acids is 1. The molecule has 1 atom stereocenters. The van der Waals surface area contributed by atoms with Gasteiger partial charge >= 0.3 is 0 Å². The summed E-state index contributed by atoms with van der Waals surface area (Å²) in [6.07, 6.45) is 2.86. The van der Waals surface area contributed by atoms with Gasteiger partial charge in [0.25, 0.3) is 0 Å². The van der Waals surface area contributed by atoms with E-state index < -0.39 is 0 Å². The maximum Gasteiger partial charge on any atom is 0.230 e. The van der Waals surface area contributed by atoms with Gasteiger partial charge in [-0.1, -0.05) is 24.3 Å². The Morgan fingerprint density at radius 2 is 1.93 bits per heavy atom. The minimum Gasteiger partial charge on any atom is -0.294 e. The van der Waals surface area contributed by atoms with Gasteiger partial charge in [0.05, 0.1) is 22.5 Å². The number of thiophene rings is 1. The molecule has 0 spiro atoms. The van der Waals surface area contributed by atoms with E-state index in [0.717, 1.165) is 34.3 Å². The monoisotopic (exact) mass is 401 g/mol. The first kappa shape index (κ1) is 17.9. The van der Waals surface area contributed by atoms with Gasteiger partial charge in [-0.05, 0) is 37.3 Å². The smallest absolute Gasteiger partial charge is 0.230 e. The van der Waals surface area contributed by atoms with Crippen molar-refractivity contribution >= 4 is 39.9 Å². The van der Waals surface area contributed by atoms with Crippen molar-refractivity contribution in [3.05, 3.63) is 69.3 Å². The van der Waals surface area contributed by atoms with Crippen LogP contribution in [0, 0.1) is 13.8 Å². The molecule has 0 aliphatic heterocycles. The highest BCUT2D eigenvalue weighted by Crippen LogP contribution is 2.34. The molecule has 1 aromatic carbocycles. The molecule has 29 heavy (non-hydrogen) atoms. The largest absolute Gasteiger partial charge is 0.294 e. The fourth-order valence-electron chi connectivity index (χ4n) is 3.84. The van der Waals surface area contributed by atoms with E-state index >= 15 is 0 Å². The standard InChI is InChI=1S/C22H19N5OS/c1-12-5-3-6-15-13(2)24-22(26-20(12)15)27-21-23-11-16-17(25-21)9-14(10-18(16)28)19-7-4-8-29-19/h3-8,11,14H,9-10H2,1-2H3,(H,23,24,25,26,27)/t14-/m0/s1. The first-order valence-electron chi connectivity index (χ1n) is 9.52. The van der Waals surface area contributed by atoms with Gasteiger partial charge in [0.1, 0.15) is 0 Å². The molecule has 0 bridgehead atoms. The number of aryl methyl sites for hydroxylation is 2. The van der Waals surface area contributed by atoms with Gasteiger partial charge in [-0.15, -0.1) is 11.3 Å². The average molecular weight is 401 g/mol. The lowest BCUT2D eigenvalue weighted by Gasteiger charge is -2.22. The van der Waals surface area contributed by atoms with Gasteiger partial charge in [-0.2, -0.15) is 0 Å². The molecule has 3 aromatic heterocycles. The third kappa shape index (κ3) is 3.27. The van der Waals surface area contributed by atoms with Crippen molar-refractivity contribution in [1.29, 1.82) is 0 Å². The van der Waals surface area contributed by atoms with Crippen molar-refractivity contribution < 1.29 is 4.79 Å². The Bertz CT molecular complexity index is 1240. The van der Waals surface area contributed by atoms with Crippen LogP contribution in [0.4, 0.5) is 11.9 Å². The van der Waals surface area contributed by atoms with Gasteiger partial charge in [0, 0.05) is 28.8 Å². The van der Waals surface area contributed by atoms with Crippen molar-refractivity contribution in [2.75, 3.05) is 5.32 Å². The average Bonchev–Trinajstić information content (AvgIpc) is 3.23. The molecular formula is C22H19N5OS. The number of anilines is 2. The molecule has 0 unspecified atom stereocenters. The van der Waals surface area contributed by atoms with Gasteiger partial charge in [-0.3, -0.25) is 10.1 Å². The Balaban J connectivity index is 1.48. The van der Waals surface area contributed by atoms with Gasteiger partial charge in [0.15, 0.2) is 5.78 Å². The summed E-state index contributed by atoms with van der Waals surface area (Å²) in [7, 11) is 0. The number of nitrogens with zero attached hydrogens (tertiary/aromatic N) is 4. The summed E-state index contributed by atoms with van der Waals surface area (Å²) in [6, 6.07) is 10.2. The summed E-state index contributed by atoms with van der Waals surface area (Å²) < 4.78 is 0. The third-order valence-electron chi connectivity index (χ3n) is 5.33. The molecule has 7 heteroatoms. The second kappa shape index (κ2) is 7.00. The van der Waals surface area contributed by atoms with E-state index in [0.29, 0.717) is 23.9 Å². The molecule has 4 aromatic rings. The Hall–Kier alpha value is -3.19. The number of rotatable bonds is 3. The number of hydrogen-bond acceptors (Lipinski definition) is 7. The Labute approximate surface area is 172 Å². The second-order valence-electron chi connectivity index (χ2n) is 7.33. The van der Waals surface area contributed by atoms with Crippen LogP contribution in [0.5, 0.6) is 0 Å². The fourth-order valence-corrected chi connectivity index (χ4v) is 4.67.